The number of imidazole rings is 1. The average molecular weight is 282 g/mol. The standard InChI is InChI=1S/C15H18N6/c1-6-18-19-13(1)11-12-3-8-20(9-4-12)15-17-5-2-14-16-7-10-21(14)15/h1-2,5-7,10,12H,3-4,8-9,11H2,(H,18,19). The highest BCUT2D eigenvalue weighted by molar-refractivity contribution is 5.46. The molecule has 4 heterocycles. The molecule has 0 aliphatic carbocycles. The zero-order valence-electron chi connectivity index (χ0n) is 11.8. The number of nitrogens with one attached hydrogen (secondary N) is 1. The van der Waals surface area contributed by atoms with Crippen LogP contribution in [0.2, 0.25) is 0 Å². The summed E-state index contributed by atoms with van der Waals surface area (Å²) in [5.74, 6) is 1.73. The first-order valence-corrected chi connectivity index (χ1v) is 7.41. The van der Waals surface area contributed by atoms with Crippen molar-refractivity contribution < 1.29 is 0 Å². The molecular weight excluding hydrogens is 264 g/mol. The normalized spacial score (nSPS) is 16.7. The Balaban J connectivity index is 1.46. The van der Waals surface area contributed by atoms with E-state index in [1.165, 1.54) is 18.5 Å². The van der Waals surface area contributed by atoms with Crippen molar-refractivity contribution in [1.82, 2.24) is 24.6 Å². The highest BCUT2D eigenvalue weighted by atomic mass is 15.3. The van der Waals surface area contributed by atoms with Crippen molar-refractivity contribution >= 4 is 11.6 Å². The third kappa shape index (κ3) is 2.37. The van der Waals surface area contributed by atoms with Crippen molar-refractivity contribution in [2.24, 2.45) is 5.92 Å². The Morgan fingerprint density at radius 1 is 1.10 bits per heavy atom. The van der Waals surface area contributed by atoms with E-state index in [0.29, 0.717) is 0 Å². The number of hydrogen-bond donors (Lipinski definition) is 1. The largest absolute Gasteiger partial charge is 0.342 e. The van der Waals surface area contributed by atoms with Gasteiger partial charge in [0.05, 0.1) is 0 Å². The molecule has 0 radical (unpaired) electrons. The molecule has 0 aromatic carbocycles. The zero-order chi connectivity index (χ0) is 14.1. The van der Waals surface area contributed by atoms with Crippen LogP contribution in [0.15, 0.2) is 36.9 Å². The number of piperidine rings is 1. The van der Waals surface area contributed by atoms with E-state index in [0.717, 1.165) is 37.0 Å². The number of aromatic amines is 1. The van der Waals surface area contributed by atoms with Crippen LogP contribution in [0.25, 0.3) is 5.65 Å². The molecular formula is C15H18N6. The van der Waals surface area contributed by atoms with Crippen LogP contribution in [-0.4, -0.2) is 37.7 Å². The second kappa shape index (κ2) is 5.20. The van der Waals surface area contributed by atoms with Crippen molar-refractivity contribution in [3.8, 4) is 0 Å². The third-order valence-electron chi connectivity index (χ3n) is 4.26. The molecule has 1 aliphatic rings. The second-order valence-electron chi connectivity index (χ2n) is 5.62. The minimum atomic E-state index is 0.726. The average Bonchev–Trinajstić information content (AvgIpc) is 3.18. The van der Waals surface area contributed by atoms with Gasteiger partial charge in [-0.1, -0.05) is 0 Å². The Labute approximate surface area is 122 Å². The number of fused-ring (bicyclic) bond motifs is 1. The van der Waals surface area contributed by atoms with Gasteiger partial charge in [-0.05, 0) is 37.3 Å². The van der Waals surface area contributed by atoms with E-state index in [4.69, 9.17) is 0 Å². The van der Waals surface area contributed by atoms with Crippen LogP contribution in [0.1, 0.15) is 18.5 Å². The lowest BCUT2D eigenvalue weighted by atomic mass is 9.92. The summed E-state index contributed by atoms with van der Waals surface area (Å²) in [4.78, 5) is 11.2. The van der Waals surface area contributed by atoms with Gasteiger partial charge in [0.15, 0.2) is 0 Å². The van der Waals surface area contributed by atoms with Gasteiger partial charge >= 0.3 is 0 Å². The van der Waals surface area contributed by atoms with Gasteiger partial charge in [0, 0.05) is 43.6 Å². The lowest BCUT2D eigenvalue weighted by Gasteiger charge is -2.32. The van der Waals surface area contributed by atoms with E-state index in [-0.39, 0.29) is 0 Å². The van der Waals surface area contributed by atoms with Crippen LogP contribution in [0.4, 0.5) is 5.95 Å². The van der Waals surface area contributed by atoms with E-state index in [1.54, 1.807) is 0 Å². The third-order valence-corrected chi connectivity index (χ3v) is 4.26. The molecule has 0 bridgehead atoms. The van der Waals surface area contributed by atoms with E-state index < -0.39 is 0 Å². The number of anilines is 1. The maximum absolute atomic E-state index is 4.54. The lowest BCUT2D eigenvalue weighted by molar-refractivity contribution is 0.397. The Morgan fingerprint density at radius 2 is 2.00 bits per heavy atom. The Hall–Kier alpha value is -2.37. The second-order valence-corrected chi connectivity index (χ2v) is 5.62. The summed E-state index contributed by atoms with van der Waals surface area (Å²) in [5.41, 5.74) is 2.20. The van der Waals surface area contributed by atoms with Gasteiger partial charge in [0.1, 0.15) is 5.65 Å². The molecule has 0 spiro atoms. The molecule has 0 unspecified atom stereocenters. The molecule has 3 aromatic heterocycles. The fraction of sp³-hybridized carbons (Fsp3) is 0.400. The first-order valence-electron chi connectivity index (χ1n) is 7.41. The minimum absolute atomic E-state index is 0.726. The molecule has 0 amide bonds. The number of H-pyrrole nitrogens is 1. The van der Waals surface area contributed by atoms with Gasteiger partial charge in [-0.3, -0.25) is 9.50 Å². The number of hydrogen-bond acceptors (Lipinski definition) is 4. The molecule has 6 heteroatoms. The van der Waals surface area contributed by atoms with E-state index >= 15 is 0 Å². The number of rotatable bonds is 3. The molecule has 1 N–H and O–H groups in total. The molecule has 21 heavy (non-hydrogen) atoms. The fourth-order valence-electron chi connectivity index (χ4n) is 3.12. The molecule has 108 valence electrons. The van der Waals surface area contributed by atoms with Crippen molar-refractivity contribution in [3.05, 3.63) is 42.6 Å². The Morgan fingerprint density at radius 3 is 2.81 bits per heavy atom. The predicted molar refractivity (Wildman–Crippen MR) is 80.2 cm³/mol. The summed E-state index contributed by atoms with van der Waals surface area (Å²) >= 11 is 0. The molecule has 1 saturated heterocycles. The molecule has 0 saturated carbocycles. The first-order chi connectivity index (χ1) is 10.4. The van der Waals surface area contributed by atoms with Crippen LogP contribution in [-0.2, 0) is 6.42 Å². The zero-order valence-corrected chi connectivity index (χ0v) is 11.8. The van der Waals surface area contributed by atoms with Crippen LogP contribution >= 0.6 is 0 Å². The maximum atomic E-state index is 4.54. The lowest BCUT2D eigenvalue weighted by Crippen LogP contribution is -2.36. The molecule has 1 aliphatic heterocycles. The van der Waals surface area contributed by atoms with E-state index in [2.05, 4.69) is 35.5 Å². The monoisotopic (exact) mass is 282 g/mol. The highest BCUT2D eigenvalue weighted by Crippen LogP contribution is 2.24. The summed E-state index contributed by atoms with van der Waals surface area (Å²) < 4.78 is 2.06. The van der Waals surface area contributed by atoms with Crippen LogP contribution in [0.5, 0.6) is 0 Å². The van der Waals surface area contributed by atoms with Gasteiger partial charge in [0.25, 0.3) is 0 Å². The van der Waals surface area contributed by atoms with Crippen molar-refractivity contribution in [1.29, 1.82) is 0 Å². The first kappa shape index (κ1) is 12.4. The molecule has 4 rings (SSSR count). The van der Waals surface area contributed by atoms with E-state index in [1.807, 2.05) is 30.9 Å². The van der Waals surface area contributed by atoms with Gasteiger partial charge in [-0.15, -0.1) is 0 Å². The smallest absolute Gasteiger partial charge is 0.211 e. The van der Waals surface area contributed by atoms with Crippen molar-refractivity contribution in [2.75, 3.05) is 18.0 Å². The molecule has 6 nitrogen and oxygen atoms in total. The van der Waals surface area contributed by atoms with E-state index in [9.17, 15) is 0 Å². The van der Waals surface area contributed by atoms with Gasteiger partial charge in [0.2, 0.25) is 5.95 Å². The summed E-state index contributed by atoms with van der Waals surface area (Å²) in [7, 11) is 0. The molecule has 1 fully saturated rings. The Bertz CT molecular complexity index is 709. The summed E-state index contributed by atoms with van der Waals surface area (Å²) in [5, 5.41) is 7.08. The SMILES string of the molecule is c1cc(CC2CCN(c3nccc4nccn34)CC2)[nH]n1. The summed E-state index contributed by atoms with van der Waals surface area (Å²) in [6, 6.07) is 4.01. The van der Waals surface area contributed by atoms with Crippen LogP contribution in [0.3, 0.4) is 0 Å². The topological polar surface area (TPSA) is 62.1 Å². The van der Waals surface area contributed by atoms with Gasteiger partial charge in [-0.25, -0.2) is 9.97 Å². The van der Waals surface area contributed by atoms with Gasteiger partial charge < -0.3 is 4.90 Å². The van der Waals surface area contributed by atoms with Crippen molar-refractivity contribution in [2.45, 2.75) is 19.3 Å². The maximum Gasteiger partial charge on any atom is 0.211 e. The predicted octanol–water partition coefficient (Wildman–Crippen LogP) is 1.91. The van der Waals surface area contributed by atoms with Gasteiger partial charge in [-0.2, -0.15) is 5.10 Å². The molecule has 0 atom stereocenters. The highest BCUT2D eigenvalue weighted by Gasteiger charge is 2.22. The van der Waals surface area contributed by atoms with Crippen LogP contribution < -0.4 is 4.90 Å². The molecule has 3 aromatic rings. The van der Waals surface area contributed by atoms with Crippen LogP contribution in [0, 0.1) is 5.92 Å². The number of aromatic nitrogens is 5. The van der Waals surface area contributed by atoms with Crippen molar-refractivity contribution in [3.63, 3.8) is 0 Å². The summed E-state index contributed by atoms with van der Waals surface area (Å²) in [6.07, 6.45) is 10.9. The summed E-state index contributed by atoms with van der Waals surface area (Å²) in [6.45, 7) is 2.09. The quantitative estimate of drug-likeness (QED) is 0.797. The number of nitrogens with zero attached hydrogens (tertiary/aromatic N) is 5. The minimum Gasteiger partial charge on any atom is -0.342 e. The fourth-order valence-corrected chi connectivity index (χ4v) is 3.12. The Kier molecular flexibility index (Phi) is 3.06.